The zero-order valence-corrected chi connectivity index (χ0v) is 12.9. The average Bonchev–Trinajstić information content (AvgIpc) is 2.53. The van der Waals surface area contributed by atoms with E-state index in [4.69, 9.17) is 5.73 Å². The molecule has 0 aliphatic heterocycles. The zero-order valence-electron chi connectivity index (χ0n) is 12.9. The number of nitrogens with zero attached hydrogens (tertiary/aromatic N) is 2. The zero-order chi connectivity index (χ0) is 15.4. The van der Waals surface area contributed by atoms with E-state index in [1.54, 1.807) is 12.1 Å². The first-order chi connectivity index (χ1) is 10.0. The van der Waals surface area contributed by atoms with E-state index in [1.165, 1.54) is 25.7 Å². The normalized spacial score (nSPS) is 24.0. The molecule has 0 heterocycles. The van der Waals surface area contributed by atoms with Crippen LogP contribution in [0.5, 0.6) is 0 Å². The summed E-state index contributed by atoms with van der Waals surface area (Å²) in [4.78, 5) is 12.8. The Hall–Kier alpha value is -1.46. The van der Waals surface area contributed by atoms with Crippen LogP contribution in [0.15, 0.2) is 24.3 Å². The van der Waals surface area contributed by atoms with Gasteiger partial charge in [-0.25, -0.2) is 0 Å². The van der Waals surface area contributed by atoms with Crippen molar-refractivity contribution in [3.8, 4) is 0 Å². The first kappa shape index (κ1) is 15.9. The smallest absolute Gasteiger partial charge is 0.269 e. The SMILES string of the molecule is CC(c1ccc([N+](=O)[O-])cc1)N(C)C1CCCCC1CN. The molecule has 0 amide bonds. The molecule has 1 aromatic rings. The molecule has 21 heavy (non-hydrogen) atoms. The number of non-ortho nitro benzene ring substituents is 1. The number of nitrogens with two attached hydrogens (primary N) is 1. The minimum absolute atomic E-state index is 0.145. The van der Waals surface area contributed by atoms with E-state index >= 15 is 0 Å². The fourth-order valence-corrected chi connectivity index (χ4v) is 3.40. The van der Waals surface area contributed by atoms with Gasteiger partial charge in [0.1, 0.15) is 0 Å². The number of nitro groups is 1. The summed E-state index contributed by atoms with van der Waals surface area (Å²) in [6.45, 7) is 2.89. The van der Waals surface area contributed by atoms with Gasteiger partial charge in [0, 0.05) is 24.2 Å². The van der Waals surface area contributed by atoms with Gasteiger partial charge in [0.05, 0.1) is 4.92 Å². The maximum Gasteiger partial charge on any atom is 0.269 e. The molecule has 0 aromatic heterocycles. The van der Waals surface area contributed by atoms with Gasteiger partial charge in [0.15, 0.2) is 0 Å². The molecule has 2 N–H and O–H groups in total. The number of hydrogen-bond donors (Lipinski definition) is 1. The van der Waals surface area contributed by atoms with E-state index in [0.29, 0.717) is 12.0 Å². The summed E-state index contributed by atoms with van der Waals surface area (Å²) in [5, 5.41) is 10.7. The van der Waals surface area contributed by atoms with Gasteiger partial charge in [-0.05, 0) is 44.8 Å². The minimum atomic E-state index is -0.357. The van der Waals surface area contributed by atoms with Crippen LogP contribution in [0.2, 0.25) is 0 Å². The highest BCUT2D eigenvalue weighted by molar-refractivity contribution is 5.34. The van der Waals surface area contributed by atoms with Gasteiger partial charge < -0.3 is 5.73 Å². The van der Waals surface area contributed by atoms with Gasteiger partial charge in [-0.2, -0.15) is 0 Å². The summed E-state index contributed by atoms with van der Waals surface area (Å²) in [5.74, 6) is 0.559. The number of rotatable bonds is 5. The third kappa shape index (κ3) is 3.60. The Balaban J connectivity index is 2.10. The lowest BCUT2D eigenvalue weighted by Gasteiger charge is -2.40. The highest BCUT2D eigenvalue weighted by Gasteiger charge is 2.30. The monoisotopic (exact) mass is 291 g/mol. The predicted molar refractivity (Wildman–Crippen MR) is 84.1 cm³/mol. The summed E-state index contributed by atoms with van der Waals surface area (Å²) in [7, 11) is 2.14. The maximum atomic E-state index is 10.7. The van der Waals surface area contributed by atoms with Crippen LogP contribution < -0.4 is 5.73 Å². The van der Waals surface area contributed by atoms with Crippen molar-refractivity contribution in [2.45, 2.75) is 44.7 Å². The summed E-state index contributed by atoms with van der Waals surface area (Å²) >= 11 is 0. The second kappa shape index (κ2) is 7.00. The van der Waals surface area contributed by atoms with E-state index in [0.717, 1.165) is 12.1 Å². The Morgan fingerprint density at radius 1 is 1.33 bits per heavy atom. The highest BCUT2D eigenvalue weighted by Crippen LogP contribution is 2.32. The molecule has 1 fully saturated rings. The first-order valence-corrected chi connectivity index (χ1v) is 7.71. The molecule has 3 unspecified atom stereocenters. The van der Waals surface area contributed by atoms with Gasteiger partial charge in [-0.15, -0.1) is 0 Å². The minimum Gasteiger partial charge on any atom is -0.330 e. The lowest BCUT2D eigenvalue weighted by atomic mass is 9.83. The van der Waals surface area contributed by atoms with Gasteiger partial charge >= 0.3 is 0 Å². The lowest BCUT2D eigenvalue weighted by molar-refractivity contribution is -0.384. The Labute approximate surface area is 126 Å². The second-order valence-electron chi connectivity index (χ2n) is 6.04. The third-order valence-corrected chi connectivity index (χ3v) is 4.89. The van der Waals surface area contributed by atoms with Crippen molar-refractivity contribution in [3.05, 3.63) is 39.9 Å². The molecule has 5 heteroatoms. The summed E-state index contributed by atoms with van der Waals surface area (Å²) in [6, 6.07) is 7.64. The Bertz CT molecular complexity index is 475. The molecule has 1 aliphatic carbocycles. The molecule has 116 valence electrons. The predicted octanol–water partition coefficient (Wildman–Crippen LogP) is 3.11. The van der Waals surface area contributed by atoms with Crippen molar-refractivity contribution in [2.75, 3.05) is 13.6 Å². The molecular formula is C16H25N3O2. The van der Waals surface area contributed by atoms with Crippen LogP contribution in [0.3, 0.4) is 0 Å². The molecule has 1 saturated carbocycles. The largest absolute Gasteiger partial charge is 0.330 e. The molecule has 0 radical (unpaired) electrons. The van der Waals surface area contributed by atoms with E-state index < -0.39 is 0 Å². The van der Waals surface area contributed by atoms with Gasteiger partial charge in [-0.1, -0.05) is 25.0 Å². The van der Waals surface area contributed by atoms with Crippen LogP contribution in [0.25, 0.3) is 0 Å². The van der Waals surface area contributed by atoms with Crippen molar-refractivity contribution >= 4 is 5.69 Å². The molecule has 3 atom stereocenters. The average molecular weight is 291 g/mol. The van der Waals surface area contributed by atoms with Crippen LogP contribution in [-0.2, 0) is 0 Å². The quantitative estimate of drug-likeness (QED) is 0.668. The summed E-state index contributed by atoms with van der Waals surface area (Å²) < 4.78 is 0. The van der Waals surface area contributed by atoms with E-state index in [1.807, 2.05) is 12.1 Å². The second-order valence-corrected chi connectivity index (χ2v) is 6.04. The van der Waals surface area contributed by atoms with Gasteiger partial charge in [0.25, 0.3) is 5.69 Å². The number of hydrogen-bond acceptors (Lipinski definition) is 4. The molecule has 5 nitrogen and oxygen atoms in total. The van der Waals surface area contributed by atoms with Crippen molar-refractivity contribution in [1.29, 1.82) is 0 Å². The first-order valence-electron chi connectivity index (χ1n) is 7.71. The molecule has 1 aromatic carbocycles. The fourth-order valence-electron chi connectivity index (χ4n) is 3.40. The van der Waals surface area contributed by atoms with Crippen molar-refractivity contribution < 1.29 is 4.92 Å². The lowest BCUT2D eigenvalue weighted by Crippen LogP contribution is -2.44. The topological polar surface area (TPSA) is 72.4 Å². The molecule has 0 spiro atoms. The third-order valence-electron chi connectivity index (χ3n) is 4.89. The Morgan fingerprint density at radius 3 is 2.52 bits per heavy atom. The van der Waals surface area contributed by atoms with Crippen LogP contribution in [0.4, 0.5) is 5.69 Å². The van der Waals surface area contributed by atoms with Crippen LogP contribution >= 0.6 is 0 Å². The molecule has 2 rings (SSSR count). The van der Waals surface area contributed by atoms with Gasteiger partial charge in [0.2, 0.25) is 0 Å². The Morgan fingerprint density at radius 2 is 1.95 bits per heavy atom. The number of nitro benzene ring substituents is 1. The standard InChI is InChI=1S/C16H25N3O2/c1-12(13-7-9-15(10-8-13)19(20)21)18(2)16-6-4-3-5-14(16)11-17/h7-10,12,14,16H,3-6,11,17H2,1-2H3. The van der Waals surface area contributed by atoms with E-state index in [2.05, 4.69) is 18.9 Å². The summed E-state index contributed by atoms with van der Waals surface area (Å²) in [6.07, 6.45) is 4.94. The molecule has 1 aliphatic rings. The van der Waals surface area contributed by atoms with Crippen molar-refractivity contribution in [2.24, 2.45) is 11.7 Å². The Kier molecular flexibility index (Phi) is 5.31. The van der Waals surface area contributed by atoms with Crippen LogP contribution in [0.1, 0.15) is 44.2 Å². The molecule has 0 saturated heterocycles. The van der Waals surface area contributed by atoms with Crippen molar-refractivity contribution in [1.82, 2.24) is 4.90 Å². The highest BCUT2D eigenvalue weighted by atomic mass is 16.6. The van der Waals surface area contributed by atoms with E-state index in [-0.39, 0.29) is 16.7 Å². The van der Waals surface area contributed by atoms with E-state index in [9.17, 15) is 10.1 Å². The fraction of sp³-hybridized carbons (Fsp3) is 0.625. The summed E-state index contributed by atoms with van der Waals surface area (Å²) in [5.41, 5.74) is 7.18. The van der Waals surface area contributed by atoms with Crippen LogP contribution in [-0.4, -0.2) is 29.5 Å². The van der Waals surface area contributed by atoms with Crippen LogP contribution in [0, 0.1) is 16.0 Å². The molecular weight excluding hydrogens is 266 g/mol. The van der Waals surface area contributed by atoms with Crippen molar-refractivity contribution in [3.63, 3.8) is 0 Å². The van der Waals surface area contributed by atoms with Gasteiger partial charge in [-0.3, -0.25) is 15.0 Å². The number of benzene rings is 1. The maximum absolute atomic E-state index is 10.7. The molecule has 0 bridgehead atoms.